The van der Waals surface area contributed by atoms with E-state index in [0.717, 1.165) is 53.9 Å². The third-order valence-corrected chi connectivity index (χ3v) is 5.29. The van der Waals surface area contributed by atoms with Gasteiger partial charge >= 0.3 is 0 Å². The van der Waals surface area contributed by atoms with E-state index in [0.29, 0.717) is 12.1 Å². The van der Waals surface area contributed by atoms with Crippen LogP contribution in [0.2, 0.25) is 0 Å². The van der Waals surface area contributed by atoms with Gasteiger partial charge in [0.05, 0.1) is 16.7 Å². The molecular formula is C22H24N6O2. The second kappa shape index (κ2) is 8.54. The fourth-order valence-electron chi connectivity index (χ4n) is 3.65. The summed E-state index contributed by atoms with van der Waals surface area (Å²) in [6.45, 7) is 4.51. The van der Waals surface area contributed by atoms with E-state index in [-0.39, 0.29) is 11.5 Å². The number of aromatic nitrogens is 4. The molecule has 3 aromatic rings. The number of aryl methyl sites for hydroxylation is 1. The lowest BCUT2D eigenvalue weighted by atomic mass is 10.1. The molecule has 8 heteroatoms. The van der Waals surface area contributed by atoms with Gasteiger partial charge in [-0.1, -0.05) is 12.5 Å². The lowest BCUT2D eigenvalue weighted by molar-refractivity contribution is 0.0957. The van der Waals surface area contributed by atoms with Crippen molar-refractivity contribution >= 4 is 23.0 Å². The van der Waals surface area contributed by atoms with Crippen molar-refractivity contribution in [2.75, 3.05) is 20.1 Å². The number of nitrogens with one attached hydrogen (secondary N) is 2. The molecule has 0 saturated carbocycles. The van der Waals surface area contributed by atoms with Gasteiger partial charge in [-0.3, -0.25) is 19.5 Å². The summed E-state index contributed by atoms with van der Waals surface area (Å²) in [4.78, 5) is 33.4. The maximum absolute atomic E-state index is 12.1. The summed E-state index contributed by atoms with van der Waals surface area (Å²) in [5.74, 6) is -0.245. The van der Waals surface area contributed by atoms with Crippen LogP contribution in [-0.2, 0) is 13.0 Å². The Balaban J connectivity index is 1.44. The Kier molecular flexibility index (Phi) is 5.67. The molecule has 1 amide bonds. The molecule has 1 saturated heterocycles. The van der Waals surface area contributed by atoms with Gasteiger partial charge in [-0.05, 0) is 48.7 Å². The summed E-state index contributed by atoms with van der Waals surface area (Å²) in [6, 6.07) is 7.36. The van der Waals surface area contributed by atoms with Gasteiger partial charge in [0.1, 0.15) is 0 Å². The average Bonchev–Trinajstić information content (AvgIpc) is 3.19. The average molecular weight is 404 g/mol. The molecule has 1 fully saturated rings. The molecular weight excluding hydrogens is 380 g/mol. The van der Waals surface area contributed by atoms with Crippen molar-refractivity contribution in [3.05, 3.63) is 68.9 Å². The maximum atomic E-state index is 12.1. The minimum atomic E-state index is -0.245. The molecule has 0 aromatic carbocycles. The number of carbonyl (C=O) groups is 1. The highest BCUT2D eigenvalue weighted by Gasteiger charge is 2.17. The molecule has 0 unspecified atom stereocenters. The Morgan fingerprint density at radius 1 is 1.30 bits per heavy atom. The first kappa shape index (κ1) is 19.9. The SMILES string of the molecule is CCc1cc2ncc(CN3CC/C(=C\c4ccc(C(=O)NC)nn4)C3)cc2[nH]c1=O. The maximum Gasteiger partial charge on any atom is 0.271 e. The molecule has 0 atom stereocenters. The van der Waals surface area contributed by atoms with E-state index in [1.807, 2.05) is 31.3 Å². The Hall–Kier alpha value is -3.39. The van der Waals surface area contributed by atoms with Crippen LogP contribution in [0, 0.1) is 0 Å². The predicted octanol–water partition coefficient (Wildman–Crippen LogP) is 1.92. The zero-order valence-corrected chi connectivity index (χ0v) is 17.1. The van der Waals surface area contributed by atoms with Crippen molar-refractivity contribution in [1.29, 1.82) is 0 Å². The minimum absolute atomic E-state index is 0.0427. The van der Waals surface area contributed by atoms with Crippen LogP contribution in [0.15, 0.2) is 40.8 Å². The van der Waals surface area contributed by atoms with E-state index in [2.05, 4.69) is 30.4 Å². The lowest BCUT2D eigenvalue weighted by Crippen LogP contribution is -2.19. The number of nitrogens with zero attached hydrogens (tertiary/aromatic N) is 4. The first-order valence-electron chi connectivity index (χ1n) is 10.0. The highest BCUT2D eigenvalue weighted by Crippen LogP contribution is 2.21. The number of hydrogen-bond acceptors (Lipinski definition) is 6. The molecule has 1 aliphatic heterocycles. The van der Waals surface area contributed by atoms with E-state index >= 15 is 0 Å². The second-order valence-electron chi connectivity index (χ2n) is 7.44. The summed E-state index contributed by atoms with van der Waals surface area (Å²) in [7, 11) is 1.57. The van der Waals surface area contributed by atoms with Crippen LogP contribution in [0.4, 0.5) is 0 Å². The fraction of sp³-hybridized carbons (Fsp3) is 0.318. The zero-order valence-electron chi connectivity index (χ0n) is 17.1. The molecule has 0 spiro atoms. The molecule has 4 rings (SSSR count). The van der Waals surface area contributed by atoms with Crippen LogP contribution in [-0.4, -0.2) is 51.1 Å². The monoisotopic (exact) mass is 404 g/mol. The molecule has 3 aromatic heterocycles. The molecule has 4 heterocycles. The van der Waals surface area contributed by atoms with Gasteiger partial charge in [0.2, 0.25) is 0 Å². The Morgan fingerprint density at radius 3 is 2.90 bits per heavy atom. The van der Waals surface area contributed by atoms with E-state index in [1.54, 1.807) is 19.2 Å². The molecule has 1 aliphatic rings. The van der Waals surface area contributed by atoms with Crippen LogP contribution >= 0.6 is 0 Å². The number of fused-ring (bicyclic) bond motifs is 1. The number of carbonyl (C=O) groups excluding carboxylic acids is 1. The van der Waals surface area contributed by atoms with Crippen LogP contribution < -0.4 is 10.9 Å². The largest absolute Gasteiger partial charge is 0.354 e. The lowest BCUT2D eigenvalue weighted by Gasteiger charge is -2.14. The summed E-state index contributed by atoms with van der Waals surface area (Å²) in [6.07, 6.45) is 5.56. The highest BCUT2D eigenvalue weighted by atomic mass is 16.1. The van der Waals surface area contributed by atoms with Crippen LogP contribution in [0.1, 0.15) is 40.7 Å². The van der Waals surface area contributed by atoms with E-state index in [4.69, 9.17) is 0 Å². The van der Waals surface area contributed by atoms with E-state index in [1.165, 1.54) is 5.57 Å². The smallest absolute Gasteiger partial charge is 0.271 e. The van der Waals surface area contributed by atoms with Crippen molar-refractivity contribution < 1.29 is 4.79 Å². The molecule has 154 valence electrons. The van der Waals surface area contributed by atoms with Crippen LogP contribution in [0.25, 0.3) is 17.1 Å². The van der Waals surface area contributed by atoms with Gasteiger partial charge < -0.3 is 10.3 Å². The Bertz CT molecular complexity index is 1170. The predicted molar refractivity (Wildman–Crippen MR) is 115 cm³/mol. The number of hydrogen-bond donors (Lipinski definition) is 2. The summed E-state index contributed by atoms with van der Waals surface area (Å²) >= 11 is 0. The van der Waals surface area contributed by atoms with Crippen LogP contribution in [0.3, 0.4) is 0 Å². The number of likely N-dealkylation sites (tertiary alicyclic amines) is 1. The first-order valence-corrected chi connectivity index (χ1v) is 10.0. The van der Waals surface area contributed by atoms with Crippen molar-refractivity contribution in [1.82, 2.24) is 30.4 Å². The highest BCUT2D eigenvalue weighted by molar-refractivity contribution is 5.91. The standard InChI is InChI=1S/C22H24N6O2/c1-3-16-10-19-20(25-21(16)29)9-15(11-24-19)13-28-7-6-14(12-28)8-17-4-5-18(27-26-17)22(30)23-2/h4-5,8-11H,3,6-7,12-13H2,1-2H3,(H,23,30)(H,25,29)/b14-8+. The normalized spacial score (nSPS) is 15.7. The third kappa shape index (κ3) is 4.28. The molecule has 0 bridgehead atoms. The molecule has 0 aliphatic carbocycles. The van der Waals surface area contributed by atoms with Crippen molar-refractivity contribution in [3.8, 4) is 0 Å². The molecule has 8 nitrogen and oxygen atoms in total. The first-order chi connectivity index (χ1) is 14.6. The van der Waals surface area contributed by atoms with E-state index in [9.17, 15) is 9.59 Å². The molecule has 2 N–H and O–H groups in total. The van der Waals surface area contributed by atoms with Gasteiger partial charge in [0.15, 0.2) is 5.69 Å². The molecule has 30 heavy (non-hydrogen) atoms. The Labute approximate surface area is 174 Å². The number of amides is 1. The summed E-state index contributed by atoms with van der Waals surface area (Å²) in [5.41, 5.74) is 5.69. The van der Waals surface area contributed by atoms with Crippen LogP contribution in [0.5, 0.6) is 0 Å². The van der Waals surface area contributed by atoms with Crippen molar-refractivity contribution in [3.63, 3.8) is 0 Å². The number of pyridine rings is 2. The third-order valence-electron chi connectivity index (χ3n) is 5.29. The van der Waals surface area contributed by atoms with Crippen molar-refractivity contribution in [2.24, 2.45) is 0 Å². The van der Waals surface area contributed by atoms with Gasteiger partial charge in [-0.25, -0.2) is 0 Å². The second-order valence-corrected chi connectivity index (χ2v) is 7.44. The molecule has 0 radical (unpaired) electrons. The summed E-state index contributed by atoms with van der Waals surface area (Å²) in [5, 5.41) is 10.6. The number of rotatable bonds is 5. The van der Waals surface area contributed by atoms with Gasteiger partial charge in [0, 0.05) is 38.4 Å². The minimum Gasteiger partial charge on any atom is -0.354 e. The van der Waals surface area contributed by atoms with E-state index < -0.39 is 0 Å². The quantitative estimate of drug-likeness (QED) is 0.673. The fourth-order valence-corrected chi connectivity index (χ4v) is 3.65. The van der Waals surface area contributed by atoms with Gasteiger partial charge in [-0.15, -0.1) is 5.10 Å². The summed E-state index contributed by atoms with van der Waals surface area (Å²) < 4.78 is 0. The number of aromatic amines is 1. The number of H-pyrrole nitrogens is 1. The zero-order chi connectivity index (χ0) is 21.1. The van der Waals surface area contributed by atoms with Gasteiger partial charge in [-0.2, -0.15) is 5.10 Å². The topological polar surface area (TPSA) is 104 Å². The van der Waals surface area contributed by atoms with Gasteiger partial charge in [0.25, 0.3) is 11.5 Å². The van der Waals surface area contributed by atoms with Crippen molar-refractivity contribution in [2.45, 2.75) is 26.3 Å². The Morgan fingerprint density at radius 2 is 2.17 bits per heavy atom.